The molecule has 94 valence electrons. The number of hydrogen-bond donors (Lipinski definition) is 3. The van der Waals surface area contributed by atoms with Gasteiger partial charge in [-0.25, -0.2) is 4.79 Å². The number of hydrogen-bond acceptors (Lipinski definition) is 5. The maximum Gasteiger partial charge on any atom is 0.335 e. The van der Waals surface area contributed by atoms with Gasteiger partial charge in [-0.3, -0.25) is 4.79 Å². The van der Waals surface area contributed by atoms with E-state index in [0.717, 1.165) is 19.3 Å². The summed E-state index contributed by atoms with van der Waals surface area (Å²) in [5.41, 5.74) is 0. The lowest BCUT2D eigenvalue weighted by atomic mass is 10.2. The van der Waals surface area contributed by atoms with E-state index in [9.17, 15) is 9.59 Å². The van der Waals surface area contributed by atoms with Crippen LogP contribution >= 0.6 is 12.6 Å². The summed E-state index contributed by atoms with van der Waals surface area (Å²) in [4.78, 5) is 21.5. The predicted molar refractivity (Wildman–Crippen MR) is 61.1 cm³/mol. The van der Waals surface area contributed by atoms with E-state index in [-0.39, 0.29) is 19.6 Å². The van der Waals surface area contributed by atoms with Gasteiger partial charge < -0.3 is 14.9 Å². The van der Waals surface area contributed by atoms with Gasteiger partial charge in [-0.2, -0.15) is 0 Å². The number of carbonyl (C=O) groups excluding carboxylic acids is 2. The fourth-order valence-electron chi connectivity index (χ4n) is 1.09. The molecule has 0 saturated carbocycles. The van der Waals surface area contributed by atoms with E-state index < -0.39 is 17.2 Å². The number of carbonyl (C=O) groups is 2. The third-order valence-corrected chi connectivity index (χ3v) is 2.12. The number of aliphatic hydroxyl groups is 2. The Labute approximate surface area is 100 Å². The van der Waals surface area contributed by atoms with Crippen molar-refractivity contribution < 1.29 is 24.5 Å². The predicted octanol–water partition coefficient (Wildman–Crippen LogP) is 0.290. The van der Waals surface area contributed by atoms with Crippen LogP contribution in [0, 0.1) is 0 Å². The fourth-order valence-corrected chi connectivity index (χ4v) is 1.26. The first kappa shape index (κ1) is 15.4. The second kappa shape index (κ2) is 9.62. The standard InChI is InChI=1S/C10H18O5S/c11-5-3-1-2-4-6-15-10(14)8(12)7-9(13)16/h8,11-12H,1-7H2,(H,13,16). The van der Waals surface area contributed by atoms with Gasteiger partial charge in [0.05, 0.1) is 13.0 Å². The minimum atomic E-state index is -1.41. The van der Waals surface area contributed by atoms with Crippen molar-refractivity contribution in [1.29, 1.82) is 0 Å². The molecule has 0 saturated heterocycles. The molecule has 1 unspecified atom stereocenters. The van der Waals surface area contributed by atoms with Crippen molar-refractivity contribution in [3.63, 3.8) is 0 Å². The van der Waals surface area contributed by atoms with Crippen LogP contribution in [0.3, 0.4) is 0 Å². The lowest BCUT2D eigenvalue weighted by molar-refractivity contribution is -0.154. The van der Waals surface area contributed by atoms with Gasteiger partial charge in [0.25, 0.3) is 0 Å². The molecule has 0 aliphatic rings. The first-order chi connectivity index (χ1) is 7.57. The molecule has 0 amide bonds. The van der Waals surface area contributed by atoms with E-state index in [1.54, 1.807) is 0 Å². The molecule has 16 heavy (non-hydrogen) atoms. The summed E-state index contributed by atoms with van der Waals surface area (Å²) in [6.45, 7) is 0.393. The molecular weight excluding hydrogens is 232 g/mol. The second-order valence-corrected chi connectivity index (χ2v) is 3.92. The maximum atomic E-state index is 11.1. The van der Waals surface area contributed by atoms with Crippen LogP contribution in [0.25, 0.3) is 0 Å². The van der Waals surface area contributed by atoms with Crippen molar-refractivity contribution in [2.45, 2.75) is 38.2 Å². The topological polar surface area (TPSA) is 83.8 Å². The van der Waals surface area contributed by atoms with Gasteiger partial charge in [0.1, 0.15) is 0 Å². The van der Waals surface area contributed by atoms with Gasteiger partial charge in [0, 0.05) is 6.61 Å². The normalized spacial score (nSPS) is 12.2. The molecule has 0 aliphatic carbocycles. The number of rotatable bonds is 9. The Hall–Kier alpha value is -0.590. The van der Waals surface area contributed by atoms with Gasteiger partial charge in [0.15, 0.2) is 11.2 Å². The molecule has 5 nitrogen and oxygen atoms in total. The van der Waals surface area contributed by atoms with Crippen LogP contribution in [0.1, 0.15) is 32.1 Å². The van der Waals surface area contributed by atoms with E-state index in [0.29, 0.717) is 6.42 Å². The second-order valence-electron chi connectivity index (χ2n) is 3.42. The van der Waals surface area contributed by atoms with Crippen molar-refractivity contribution in [2.75, 3.05) is 13.2 Å². The largest absolute Gasteiger partial charge is 0.464 e. The van der Waals surface area contributed by atoms with E-state index in [1.165, 1.54) is 0 Å². The summed E-state index contributed by atoms with van der Waals surface area (Å²) < 4.78 is 4.75. The Morgan fingerprint density at radius 3 is 2.38 bits per heavy atom. The van der Waals surface area contributed by atoms with E-state index in [4.69, 9.17) is 14.9 Å². The van der Waals surface area contributed by atoms with E-state index in [2.05, 4.69) is 12.6 Å². The summed E-state index contributed by atoms with van der Waals surface area (Å²) in [6.07, 6.45) is 1.42. The highest BCUT2D eigenvalue weighted by atomic mass is 32.1. The first-order valence-electron chi connectivity index (χ1n) is 5.25. The summed E-state index contributed by atoms with van der Waals surface area (Å²) in [7, 11) is 0. The SMILES string of the molecule is O=C(S)CC(O)C(=O)OCCCCCCO. The number of esters is 1. The zero-order valence-electron chi connectivity index (χ0n) is 9.09. The Morgan fingerprint density at radius 1 is 1.19 bits per heavy atom. The van der Waals surface area contributed by atoms with E-state index >= 15 is 0 Å². The van der Waals surface area contributed by atoms with Crippen LogP contribution in [0.4, 0.5) is 0 Å². The molecule has 1 atom stereocenters. The average Bonchev–Trinajstić information content (AvgIpc) is 2.21. The van der Waals surface area contributed by atoms with Crippen LogP contribution in [0.2, 0.25) is 0 Å². The van der Waals surface area contributed by atoms with Crippen LogP contribution in [0.15, 0.2) is 0 Å². The van der Waals surface area contributed by atoms with Gasteiger partial charge in [0.2, 0.25) is 0 Å². The molecule has 2 N–H and O–H groups in total. The van der Waals surface area contributed by atoms with Crippen LogP contribution in [-0.2, 0) is 14.3 Å². The lowest BCUT2D eigenvalue weighted by Crippen LogP contribution is -2.25. The molecule has 0 radical (unpaired) electrons. The first-order valence-corrected chi connectivity index (χ1v) is 5.70. The van der Waals surface area contributed by atoms with Gasteiger partial charge in [-0.1, -0.05) is 6.42 Å². The van der Waals surface area contributed by atoms with Gasteiger partial charge in [-0.15, -0.1) is 12.6 Å². The summed E-state index contributed by atoms with van der Waals surface area (Å²) in [5.74, 6) is -0.787. The molecule has 0 spiro atoms. The number of unbranched alkanes of at least 4 members (excludes halogenated alkanes) is 3. The van der Waals surface area contributed by atoms with Gasteiger partial charge >= 0.3 is 5.97 Å². The average molecular weight is 250 g/mol. The van der Waals surface area contributed by atoms with Crippen LogP contribution in [0.5, 0.6) is 0 Å². The van der Waals surface area contributed by atoms with Crippen LogP contribution < -0.4 is 0 Å². The highest BCUT2D eigenvalue weighted by molar-refractivity contribution is 7.96. The quantitative estimate of drug-likeness (QED) is 0.311. The Bertz CT molecular complexity index is 219. The molecule has 0 fully saturated rings. The highest BCUT2D eigenvalue weighted by Gasteiger charge is 2.18. The monoisotopic (exact) mass is 250 g/mol. The number of aliphatic hydroxyl groups excluding tert-OH is 2. The molecule has 0 bridgehead atoms. The molecule has 6 heteroatoms. The highest BCUT2D eigenvalue weighted by Crippen LogP contribution is 2.02. The number of ether oxygens (including phenoxy) is 1. The van der Waals surface area contributed by atoms with Crippen molar-refractivity contribution >= 4 is 23.7 Å². The van der Waals surface area contributed by atoms with Crippen molar-refractivity contribution in [3.05, 3.63) is 0 Å². The smallest absolute Gasteiger partial charge is 0.335 e. The minimum absolute atomic E-state index is 0.169. The zero-order valence-corrected chi connectivity index (χ0v) is 9.99. The molecule has 0 aromatic rings. The van der Waals surface area contributed by atoms with Crippen molar-refractivity contribution in [2.24, 2.45) is 0 Å². The fraction of sp³-hybridized carbons (Fsp3) is 0.800. The van der Waals surface area contributed by atoms with Crippen LogP contribution in [-0.4, -0.2) is 40.6 Å². The Balaban J connectivity index is 3.46. The molecule has 0 aromatic heterocycles. The van der Waals surface area contributed by atoms with E-state index in [1.807, 2.05) is 0 Å². The van der Waals surface area contributed by atoms with Gasteiger partial charge in [-0.05, 0) is 19.3 Å². The molecule has 0 aromatic carbocycles. The molecule has 0 aliphatic heterocycles. The zero-order chi connectivity index (χ0) is 12.4. The summed E-state index contributed by atoms with van der Waals surface area (Å²) in [5, 5.41) is 17.1. The number of thiol groups is 1. The summed E-state index contributed by atoms with van der Waals surface area (Å²) >= 11 is 3.45. The molecular formula is C10H18O5S. The van der Waals surface area contributed by atoms with Crippen molar-refractivity contribution in [1.82, 2.24) is 0 Å². The Morgan fingerprint density at radius 2 is 1.81 bits per heavy atom. The maximum absolute atomic E-state index is 11.1. The lowest BCUT2D eigenvalue weighted by Gasteiger charge is -2.08. The molecule has 0 heterocycles. The third kappa shape index (κ3) is 8.70. The third-order valence-electron chi connectivity index (χ3n) is 1.94. The Kier molecular flexibility index (Phi) is 9.27. The van der Waals surface area contributed by atoms with Crippen molar-refractivity contribution in [3.8, 4) is 0 Å². The minimum Gasteiger partial charge on any atom is -0.464 e. The summed E-state index contributed by atoms with van der Waals surface area (Å²) in [6, 6.07) is 0. The molecule has 0 rings (SSSR count).